The van der Waals surface area contributed by atoms with Crippen LogP contribution in [0.15, 0.2) is 126 Å². The van der Waals surface area contributed by atoms with Gasteiger partial charge < -0.3 is 4.90 Å². The van der Waals surface area contributed by atoms with Crippen molar-refractivity contribution in [2.45, 2.75) is 35.8 Å². The second kappa shape index (κ2) is 8.49. The summed E-state index contributed by atoms with van der Waals surface area (Å²) >= 11 is 2.02. The summed E-state index contributed by atoms with van der Waals surface area (Å²) in [6, 6.07) is 38.3. The van der Waals surface area contributed by atoms with Crippen LogP contribution in [0.2, 0.25) is 0 Å². The Morgan fingerprint density at radius 3 is 2.41 bits per heavy atom. The molecule has 188 valence electrons. The monoisotopic (exact) mass is 519 g/mol. The summed E-state index contributed by atoms with van der Waals surface area (Å²) in [5.74, 6) is 0. The molecule has 1 nitrogen and oxygen atoms in total. The average Bonchev–Trinajstić information content (AvgIpc) is 3.47. The van der Waals surface area contributed by atoms with E-state index < -0.39 is 0 Å². The molecule has 2 heteroatoms. The molecular weight excluding hydrogens is 490 g/mol. The highest BCUT2D eigenvalue weighted by Crippen LogP contribution is 2.55. The average molecular weight is 520 g/mol. The first-order valence-electron chi connectivity index (χ1n) is 13.8. The SMILES string of the molecule is CC1(C)c2ccccc2-c2cc(N(c3cccc4c3SC3CC=CC=C43)c3cccc4ccccc34)ccc21. The molecule has 1 atom stereocenters. The van der Waals surface area contributed by atoms with Crippen molar-refractivity contribution in [3.05, 3.63) is 138 Å². The van der Waals surface area contributed by atoms with Crippen molar-refractivity contribution < 1.29 is 0 Å². The number of anilines is 3. The first-order chi connectivity index (χ1) is 19.1. The van der Waals surface area contributed by atoms with Crippen LogP contribution in [0.3, 0.4) is 0 Å². The fourth-order valence-electron chi connectivity index (χ4n) is 6.84. The standard InChI is InChI=1S/C37H29NS/c1-37(2)31-17-7-5-14-27(31)30-23-25(21-22-32(30)37)38(33-18-9-12-24-11-3-4-13-26(24)33)34-19-10-16-29-28-15-6-8-20-35(28)39-36(29)34/h3-19,21-23,35H,20H2,1-2H3. The van der Waals surface area contributed by atoms with Crippen LogP contribution < -0.4 is 4.90 Å². The van der Waals surface area contributed by atoms with E-state index in [1.165, 1.54) is 66.1 Å². The largest absolute Gasteiger partial charge is 0.309 e. The van der Waals surface area contributed by atoms with E-state index in [1.807, 2.05) is 11.8 Å². The summed E-state index contributed by atoms with van der Waals surface area (Å²) in [4.78, 5) is 3.89. The molecule has 0 N–H and O–H groups in total. The van der Waals surface area contributed by atoms with E-state index in [0.717, 1.165) is 6.42 Å². The summed E-state index contributed by atoms with van der Waals surface area (Å²) in [6.45, 7) is 4.70. The van der Waals surface area contributed by atoms with Gasteiger partial charge in [0.2, 0.25) is 0 Å². The van der Waals surface area contributed by atoms with Gasteiger partial charge in [0.05, 0.1) is 11.4 Å². The Bertz CT molecular complexity index is 1850. The van der Waals surface area contributed by atoms with Crippen molar-refractivity contribution in [3.8, 4) is 11.1 Å². The Balaban J connectivity index is 1.39. The van der Waals surface area contributed by atoms with Crippen LogP contribution >= 0.6 is 11.8 Å². The number of benzene rings is 5. The molecule has 39 heavy (non-hydrogen) atoms. The zero-order chi connectivity index (χ0) is 26.1. The van der Waals surface area contributed by atoms with Crippen molar-refractivity contribution in [1.82, 2.24) is 0 Å². The maximum Gasteiger partial charge on any atom is 0.0604 e. The van der Waals surface area contributed by atoms with Crippen LogP contribution in [0.4, 0.5) is 17.1 Å². The second-order valence-electron chi connectivity index (χ2n) is 11.3. The lowest BCUT2D eigenvalue weighted by Crippen LogP contribution is -2.15. The van der Waals surface area contributed by atoms with Gasteiger partial charge in [-0.05, 0) is 69.5 Å². The minimum absolute atomic E-state index is 0.00620. The van der Waals surface area contributed by atoms with Gasteiger partial charge in [-0.2, -0.15) is 0 Å². The van der Waals surface area contributed by atoms with E-state index in [2.05, 4.69) is 140 Å². The summed E-state index contributed by atoms with van der Waals surface area (Å²) in [7, 11) is 0. The maximum absolute atomic E-state index is 2.51. The lowest BCUT2D eigenvalue weighted by molar-refractivity contribution is 0.660. The Labute approximate surface area is 234 Å². The van der Waals surface area contributed by atoms with Crippen LogP contribution in [-0.2, 0) is 5.41 Å². The highest BCUT2D eigenvalue weighted by molar-refractivity contribution is 8.01. The zero-order valence-corrected chi connectivity index (χ0v) is 23.0. The predicted molar refractivity (Wildman–Crippen MR) is 168 cm³/mol. The predicted octanol–water partition coefficient (Wildman–Crippen LogP) is 10.4. The molecule has 0 amide bonds. The minimum Gasteiger partial charge on any atom is -0.309 e. The number of allylic oxidation sites excluding steroid dienone is 3. The van der Waals surface area contributed by atoms with Gasteiger partial charge in [-0.15, -0.1) is 11.8 Å². The lowest BCUT2D eigenvalue weighted by atomic mass is 9.82. The van der Waals surface area contributed by atoms with Crippen molar-refractivity contribution >= 4 is 45.2 Å². The van der Waals surface area contributed by atoms with E-state index in [0.29, 0.717) is 5.25 Å². The van der Waals surface area contributed by atoms with E-state index in [-0.39, 0.29) is 5.41 Å². The Hall–Kier alpha value is -4.01. The first kappa shape index (κ1) is 22.9. The molecule has 1 unspecified atom stereocenters. The van der Waals surface area contributed by atoms with Gasteiger partial charge in [-0.1, -0.05) is 111 Å². The summed E-state index contributed by atoms with van der Waals surface area (Å²) < 4.78 is 0. The van der Waals surface area contributed by atoms with E-state index >= 15 is 0 Å². The zero-order valence-electron chi connectivity index (χ0n) is 22.2. The van der Waals surface area contributed by atoms with Crippen molar-refractivity contribution in [3.63, 3.8) is 0 Å². The van der Waals surface area contributed by atoms with Crippen molar-refractivity contribution in [1.29, 1.82) is 0 Å². The van der Waals surface area contributed by atoms with Crippen molar-refractivity contribution in [2.24, 2.45) is 0 Å². The fraction of sp³-hybridized carbons (Fsp3) is 0.135. The third-order valence-corrected chi connectivity index (χ3v) is 10.1. The third kappa shape index (κ3) is 3.34. The molecule has 0 saturated heterocycles. The number of rotatable bonds is 3. The van der Waals surface area contributed by atoms with Crippen LogP contribution in [0.1, 0.15) is 37.0 Å². The van der Waals surface area contributed by atoms with Gasteiger partial charge in [-0.25, -0.2) is 0 Å². The first-order valence-corrected chi connectivity index (χ1v) is 14.7. The molecule has 0 saturated carbocycles. The molecule has 0 bridgehead atoms. The highest BCUT2D eigenvalue weighted by atomic mass is 32.2. The van der Waals surface area contributed by atoms with Crippen LogP contribution in [0.5, 0.6) is 0 Å². The van der Waals surface area contributed by atoms with E-state index in [9.17, 15) is 0 Å². The molecule has 5 aromatic carbocycles. The molecule has 5 aromatic rings. The normalized spacial score (nSPS) is 17.8. The molecule has 8 rings (SSSR count). The lowest BCUT2D eigenvalue weighted by Gasteiger charge is -2.29. The van der Waals surface area contributed by atoms with Crippen molar-refractivity contribution in [2.75, 3.05) is 4.90 Å². The molecule has 0 aromatic heterocycles. The van der Waals surface area contributed by atoms with Gasteiger partial charge in [0, 0.05) is 26.6 Å². The fourth-order valence-corrected chi connectivity index (χ4v) is 8.25. The van der Waals surface area contributed by atoms with Crippen LogP contribution in [-0.4, -0.2) is 5.25 Å². The number of hydrogen-bond acceptors (Lipinski definition) is 2. The van der Waals surface area contributed by atoms with Crippen LogP contribution in [0, 0.1) is 0 Å². The van der Waals surface area contributed by atoms with E-state index in [1.54, 1.807) is 0 Å². The van der Waals surface area contributed by atoms with Gasteiger partial charge in [0.15, 0.2) is 0 Å². The molecule has 3 aliphatic rings. The van der Waals surface area contributed by atoms with Gasteiger partial charge in [-0.3, -0.25) is 0 Å². The molecule has 1 heterocycles. The number of thioether (sulfide) groups is 1. The Kier molecular flexibility index (Phi) is 4.99. The third-order valence-electron chi connectivity index (χ3n) is 8.75. The Morgan fingerprint density at radius 1 is 0.718 bits per heavy atom. The molecule has 0 spiro atoms. The van der Waals surface area contributed by atoms with Gasteiger partial charge in [0.1, 0.15) is 0 Å². The maximum atomic E-state index is 2.51. The molecule has 0 fully saturated rings. The smallest absolute Gasteiger partial charge is 0.0604 e. The molecule has 0 radical (unpaired) electrons. The number of fused-ring (bicyclic) bond motifs is 7. The molecule has 2 aliphatic carbocycles. The van der Waals surface area contributed by atoms with Gasteiger partial charge >= 0.3 is 0 Å². The number of nitrogens with zero attached hydrogens (tertiary/aromatic N) is 1. The summed E-state index contributed by atoms with van der Waals surface area (Å²) in [5, 5.41) is 3.02. The molecular formula is C37H29NS. The summed E-state index contributed by atoms with van der Waals surface area (Å²) in [6.07, 6.45) is 7.92. The Morgan fingerprint density at radius 2 is 1.46 bits per heavy atom. The highest BCUT2D eigenvalue weighted by Gasteiger charge is 2.36. The second-order valence-corrected chi connectivity index (χ2v) is 12.5. The number of hydrogen-bond donors (Lipinski definition) is 0. The van der Waals surface area contributed by atoms with Gasteiger partial charge in [0.25, 0.3) is 0 Å². The topological polar surface area (TPSA) is 3.24 Å². The van der Waals surface area contributed by atoms with E-state index in [4.69, 9.17) is 0 Å². The summed E-state index contributed by atoms with van der Waals surface area (Å²) in [5.41, 5.74) is 12.0. The molecule has 1 aliphatic heterocycles. The minimum atomic E-state index is -0.00620. The van der Waals surface area contributed by atoms with Crippen LogP contribution in [0.25, 0.3) is 27.5 Å². The quantitative estimate of drug-likeness (QED) is 0.233.